The van der Waals surface area contributed by atoms with Crippen molar-refractivity contribution in [2.45, 2.75) is 13.0 Å². The third kappa shape index (κ3) is 5.12. The molecule has 0 radical (unpaired) electrons. The maximum atomic E-state index is 12.7. The summed E-state index contributed by atoms with van der Waals surface area (Å²) in [5, 5.41) is 5.79. The molecular weight excluding hydrogens is 366 g/mol. The van der Waals surface area contributed by atoms with Gasteiger partial charge in [-0.05, 0) is 56.4 Å². The molecule has 1 atom stereocenters. The largest absolute Gasteiger partial charge is 0.459 e. The summed E-state index contributed by atoms with van der Waals surface area (Å²) in [5.74, 6) is -0.329. The monoisotopic (exact) mass is 391 g/mol. The zero-order chi connectivity index (χ0) is 20.8. The molecule has 29 heavy (non-hydrogen) atoms. The highest BCUT2D eigenvalue weighted by Gasteiger charge is 2.17. The first-order valence-electron chi connectivity index (χ1n) is 9.41. The topological polar surface area (TPSA) is 74.6 Å². The normalized spacial score (nSPS) is 11.9. The van der Waals surface area contributed by atoms with Crippen LogP contribution in [0.3, 0.4) is 0 Å². The van der Waals surface area contributed by atoms with Gasteiger partial charge in [0, 0.05) is 17.8 Å². The standard InChI is InChI=1S/C23H25N3O3/c1-16-11-12-18(14-19(16)25-23(28)21-10-7-13-29-21)22(27)24-15-20(26(2)3)17-8-5-4-6-9-17/h4-14,20H,15H2,1-3H3,(H,24,27)(H,25,28)/t20-/m0/s1. The number of amides is 2. The third-order valence-corrected chi connectivity index (χ3v) is 4.76. The Morgan fingerprint density at radius 2 is 1.76 bits per heavy atom. The van der Waals surface area contributed by atoms with Gasteiger partial charge in [-0.15, -0.1) is 0 Å². The lowest BCUT2D eigenvalue weighted by Gasteiger charge is -2.25. The fourth-order valence-electron chi connectivity index (χ4n) is 3.05. The van der Waals surface area contributed by atoms with Gasteiger partial charge < -0.3 is 20.0 Å². The molecule has 3 rings (SSSR count). The van der Waals surface area contributed by atoms with Crippen LogP contribution in [-0.2, 0) is 0 Å². The number of benzene rings is 2. The second kappa shape index (κ2) is 9.21. The summed E-state index contributed by atoms with van der Waals surface area (Å²) in [5.41, 5.74) is 3.05. The Kier molecular flexibility index (Phi) is 6.46. The molecule has 0 aliphatic heterocycles. The Hall–Kier alpha value is -3.38. The van der Waals surface area contributed by atoms with E-state index < -0.39 is 0 Å². The lowest BCUT2D eigenvalue weighted by Crippen LogP contribution is -2.34. The summed E-state index contributed by atoms with van der Waals surface area (Å²) in [7, 11) is 3.97. The second-order valence-electron chi connectivity index (χ2n) is 7.06. The first kappa shape index (κ1) is 20.4. The first-order valence-corrected chi connectivity index (χ1v) is 9.41. The van der Waals surface area contributed by atoms with Gasteiger partial charge in [-0.3, -0.25) is 9.59 Å². The van der Waals surface area contributed by atoms with Gasteiger partial charge in [0.2, 0.25) is 0 Å². The first-order chi connectivity index (χ1) is 14.0. The highest BCUT2D eigenvalue weighted by atomic mass is 16.3. The lowest BCUT2D eigenvalue weighted by molar-refractivity contribution is 0.0940. The summed E-state index contributed by atoms with van der Waals surface area (Å²) in [4.78, 5) is 27.0. The van der Waals surface area contributed by atoms with Crippen molar-refractivity contribution in [3.05, 3.63) is 89.4 Å². The van der Waals surface area contributed by atoms with Crippen molar-refractivity contribution in [1.82, 2.24) is 10.2 Å². The Bertz CT molecular complexity index is 966. The summed E-state index contributed by atoms with van der Waals surface area (Å²) >= 11 is 0. The average Bonchev–Trinajstić information content (AvgIpc) is 3.25. The average molecular weight is 391 g/mol. The number of anilines is 1. The zero-order valence-electron chi connectivity index (χ0n) is 16.8. The smallest absolute Gasteiger partial charge is 0.291 e. The van der Waals surface area contributed by atoms with Crippen LogP contribution < -0.4 is 10.6 Å². The molecule has 0 aliphatic carbocycles. The molecule has 3 aromatic rings. The summed E-state index contributed by atoms with van der Waals surface area (Å²) < 4.78 is 5.12. The van der Waals surface area contributed by atoms with Crippen molar-refractivity contribution in [1.29, 1.82) is 0 Å². The van der Waals surface area contributed by atoms with Gasteiger partial charge in [-0.1, -0.05) is 36.4 Å². The molecular formula is C23H25N3O3. The van der Waals surface area contributed by atoms with E-state index in [2.05, 4.69) is 15.5 Å². The Balaban J connectivity index is 1.70. The van der Waals surface area contributed by atoms with Crippen LogP contribution in [-0.4, -0.2) is 37.4 Å². The maximum Gasteiger partial charge on any atom is 0.291 e. The molecule has 150 valence electrons. The van der Waals surface area contributed by atoms with Gasteiger partial charge in [0.1, 0.15) is 0 Å². The van der Waals surface area contributed by atoms with E-state index in [1.807, 2.05) is 57.4 Å². The number of nitrogens with zero attached hydrogens (tertiary/aromatic N) is 1. The number of carbonyl (C=O) groups excluding carboxylic acids is 2. The maximum absolute atomic E-state index is 12.7. The van der Waals surface area contributed by atoms with E-state index in [-0.39, 0.29) is 23.6 Å². The van der Waals surface area contributed by atoms with E-state index in [1.165, 1.54) is 6.26 Å². The number of hydrogen-bond acceptors (Lipinski definition) is 4. The number of hydrogen-bond donors (Lipinski definition) is 2. The van der Waals surface area contributed by atoms with E-state index in [1.54, 1.807) is 24.3 Å². The van der Waals surface area contributed by atoms with Crippen LogP contribution in [0.2, 0.25) is 0 Å². The highest BCUT2D eigenvalue weighted by molar-refractivity contribution is 6.03. The van der Waals surface area contributed by atoms with Gasteiger partial charge in [-0.2, -0.15) is 0 Å². The SMILES string of the molecule is Cc1ccc(C(=O)NC[C@@H](c2ccccc2)N(C)C)cc1NC(=O)c1ccco1. The van der Waals surface area contributed by atoms with Crippen molar-refractivity contribution >= 4 is 17.5 Å². The fraction of sp³-hybridized carbons (Fsp3) is 0.217. The van der Waals surface area contributed by atoms with Crippen LogP contribution in [0.4, 0.5) is 5.69 Å². The Morgan fingerprint density at radius 3 is 2.41 bits per heavy atom. The molecule has 0 saturated carbocycles. The molecule has 6 nitrogen and oxygen atoms in total. The highest BCUT2D eigenvalue weighted by Crippen LogP contribution is 2.20. The molecule has 1 aromatic heterocycles. The molecule has 0 fully saturated rings. The summed E-state index contributed by atoms with van der Waals surface area (Å²) in [6.45, 7) is 2.34. The molecule has 2 amide bonds. The van der Waals surface area contributed by atoms with Crippen molar-refractivity contribution in [2.75, 3.05) is 26.0 Å². The summed E-state index contributed by atoms with van der Waals surface area (Å²) in [6, 6.07) is 18.6. The molecule has 0 saturated heterocycles. The molecule has 0 spiro atoms. The van der Waals surface area contributed by atoms with Gasteiger partial charge in [0.15, 0.2) is 5.76 Å². The van der Waals surface area contributed by atoms with Crippen LogP contribution in [0.5, 0.6) is 0 Å². The van der Waals surface area contributed by atoms with Crippen LogP contribution >= 0.6 is 0 Å². The van der Waals surface area contributed by atoms with Crippen LogP contribution in [0.1, 0.15) is 38.1 Å². The quantitative estimate of drug-likeness (QED) is 0.641. The van der Waals surface area contributed by atoms with Crippen molar-refractivity contribution in [2.24, 2.45) is 0 Å². The van der Waals surface area contributed by atoms with E-state index in [0.717, 1.165) is 11.1 Å². The van der Waals surface area contributed by atoms with Gasteiger partial charge >= 0.3 is 0 Å². The Morgan fingerprint density at radius 1 is 1.00 bits per heavy atom. The number of carbonyl (C=O) groups is 2. The van der Waals surface area contributed by atoms with Crippen LogP contribution in [0.15, 0.2) is 71.3 Å². The molecule has 1 heterocycles. The Labute approximate surface area is 170 Å². The lowest BCUT2D eigenvalue weighted by atomic mass is 10.1. The van der Waals surface area contributed by atoms with Gasteiger partial charge in [0.05, 0.1) is 12.3 Å². The molecule has 0 bridgehead atoms. The van der Waals surface area contributed by atoms with E-state index >= 15 is 0 Å². The van der Waals surface area contributed by atoms with E-state index in [4.69, 9.17) is 4.42 Å². The molecule has 2 aromatic carbocycles. The van der Waals surface area contributed by atoms with Crippen molar-refractivity contribution in [3.63, 3.8) is 0 Å². The number of rotatable bonds is 7. The molecule has 2 N–H and O–H groups in total. The molecule has 6 heteroatoms. The minimum absolute atomic E-state index is 0.0590. The van der Waals surface area contributed by atoms with Crippen molar-refractivity contribution in [3.8, 4) is 0 Å². The predicted octanol–water partition coefficient (Wildman–Crippen LogP) is 3.87. The number of nitrogens with one attached hydrogen (secondary N) is 2. The fourth-order valence-corrected chi connectivity index (χ4v) is 3.05. The van der Waals surface area contributed by atoms with E-state index in [0.29, 0.717) is 17.8 Å². The number of aryl methyl sites for hydroxylation is 1. The van der Waals surface area contributed by atoms with Crippen LogP contribution in [0, 0.1) is 6.92 Å². The van der Waals surface area contributed by atoms with Gasteiger partial charge in [0.25, 0.3) is 11.8 Å². The van der Waals surface area contributed by atoms with Crippen LogP contribution in [0.25, 0.3) is 0 Å². The van der Waals surface area contributed by atoms with Crippen molar-refractivity contribution < 1.29 is 14.0 Å². The van der Waals surface area contributed by atoms with E-state index in [9.17, 15) is 9.59 Å². The minimum atomic E-state index is -0.354. The summed E-state index contributed by atoms with van der Waals surface area (Å²) in [6.07, 6.45) is 1.44. The zero-order valence-corrected chi connectivity index (χ0v) is 16.8. The number of likely N-dealkylation sites (N-methyl/N-ethyl adjacent to an activating group) is 1. The third-order valence-electron chi connectivity index (χ3n) is 4.76. The number of furan rings is 1. The second-order valence-corrected chi connectivity index (χ2v) is 7.06. The molecule has 0 unspecified atom stereocenters. The molecule has 0 aliphatic rings. The minimum Gasteiger partial charge on any atom is -0.459 e. The predicted molar refractivity (Wildman–Crippen MR) is 113 cm³/mol. The van der Waals surface area contributed by atoms with Gasteiger partial charge in [-0.25, -0.2) is 0 Å².